The summed E-state index contributed by atoms with van der Waals surface area (Å²) in [6, 6.07) is 7.76. The van der Waals surface area contributed by atoms with Gasteiger partial charge in [-0.05, 0) is 19.1 Å². The standard InChI is InChI=1S/C15H12ClF6N3O2/c1-8-10(11(26)25(24(8)2)9-6-4-3-5-7-9)23-12(27)13(16,14(17,18)19)15(20,21)22/h3-7H,1-2H3,(H,23,27). The molecule has 0 atom stereocenters. The number of hydrogen-bond donors (Lipinski definition) is 1. The third kappa shape index (κ3) is 3.31. The fraction of sp³-hybridized carbons (Fsp3) is 0.333. The van der Waals surface area contributed by atoms with E-state index in [1.54, 1.807) is 18.2 Å². The zero-order valence-corrected chi connectivity index (χ0v) is 14.5. The van der Waals surface area contributed by atoms with Crippen LogP contribution in [-0.2, 0) is 11.8 Å². The van der Waals surface area contributed by atoms with E-state index in [4.69, 9.17) is 0 Å². The molecule has 0 aliphatic heterocycles. The molecule has 2 rings (SSSR count). The average molecular weight is 416 g/mol. The number of aromatic nitrogens is 2. The van der Waals surface area contributed by atoms with Gasteiger partial charge >= 0.3 is 17.2 Å². The third-order valence-corrected chi connectivity index (χ3v) is 4.49. The lowest BCUT2D eigenvalue weighted by atomic mass is 10.1. The third-order valence-electron chi connectivity index (χ3n) is 3.89. The van der Waals surface area contributed by atoms with Crippen LogP contribution in [0.5, 0.6) is 0 Å². The van der Waals surface area contributed by atoms with Crippen LogP contribution in [0.25, 0.3) is 5.69 Å². The van der Waals surface area contributed by atoms with Crippen molar-refractivity contribution >= 4 is 23.2 Å². The van der Waals surface area contributed by atoms with Gasteiger partial charge in [-0.25, -0.2) is 4.68 Å². The van der Waals surface area contributed by atoms with E-state index in [0.29, 0.717) is 0 Å². The molecule has 0 aliphatic rings. The summed E-state index contributed by atoms with van der Waals surface area (Å²) < 4.78 is 79.6. The maximum atomic E-state index is 12.9. The summed E-state index contributed by atoms with van der Waals surface area (Å²) in [7, 11) is 1.35. The summed E-state index contributed by atoms with van der Waals surface area (Å²) in [6.07, 6.45) is -12.3. The Labute approximate surface area is 153 Å². The summed E-state index contributed by atoms with van der Waals surface area (Å²) in [5.41, 5.74) is -1.54. The van der Waals surface area contributed by atoms with Gasteiger partial charge in [0.2, 0.25) is 0 Å². The number of nitrogens with zero attached hydrogens (tertiary/aromatic N) is 2. The number of benzene rings is 1. The van der Waals surface area contributed by atoms with E-state index in [1.807, 2.05) is 0 Å². The zero-order valence-electron chi connectivity index (χ0n) is 13.7. The molecule has 0 radical (unpaired) electrons. The van der Waals surface area contributed by atoms with Crippen LogP contribution in [0, 0.1) is 6.92 Å². The topological polar surface area (TPSA) is 56.0 Å². The normalized spacial score (nSPS) is 12.9. The number of rotatable bonds is 3. The number of carbonyl (C=O) groups is 1. The van der Waals surface area contributed by atoms with Gasteiger partial charge in [0.15, 0.2) is 0 Å². The second kappa shape index (κ2) is 6.63. The summed E-state index contributed by atoms with van der Waals surface area (Å²) >= 11 is 4.68. The van der Waals surface area contributed by atoms with Crippen LogP contribution in [0.2, 0.25) is 0 Å². The highest BCUT2D eigenvalue weighted by molar-refractivity contribution is 6.38. The van der Waals surface area contributed by atoms with E-state index in [9.17, 15) is 35.9 Å². The van der Waals surface area contributed by atoms with Gasteiger partial charge in [-0.15, -0.1) is 0 Å². The molecule has 0 saturated carbocycles. The van der Waals surface area contributed by atoms with Gasteiger partial charge < -0.3 is 5.32 Å². The summed E-state index contributed by atoms with van der Waals surface area (Å²) in [4.78, 5) is 19.1. The lowest BCUT2D eigenvalue weighted by Crippen LogP contribution is -2.60. The molecule has 0 fully saturated rings. The Morgan fingerprint density at radius 3 is 1.96 bits per heavy atom. The second-order valence-corrected chi connectivity index (χ2v) is 6.11. The van der Waals surface area contributed by atoms with Crippen LogP contribution in [0.15, 0.2) is 35.1 Å². The molecule has 0 aliphatic carbocycles. The van der Waals surface area contributed by atoms with E-state index in [0.717, 1.165) is 4.68 Å². The van der Waals surface area contributed by atoms with E-state index in [1.165, 1.54) is 36.1 Å². The highest BCUT2D eigenvalue weighted by atomic mass is 35.5. The van der Waals surface area contributed by atoms with Crippen LogP contribution >= 0.6 is 11.6 Å². The van der Waals surface area contributed by atoms with Crippen LogP contribution < -0.4 is 10.9 Å². The average Bonchev–Trinajstić information content (AvgIpc) is 2.76. The predicted octanol–water partition coefficient (Wildman–Crippen LogP) is 3.53. The molecule has 148 valence electrons. The minimum atomic E-state index is -6.14. The number of hydrogen-bond acceptors (Lipinski definition) is 2. The number of anilines is 1. The lowest BCUT2D eigenvalue weighted by Gasteiger charge is -2.29. The van der Waals surface area contributed by atoms with Gasteiger partial charge in [-0.2, -0.15) is 26.3 Å². The van der Waals surface area contributed by atoms with Gasteiger partial charge in [0, 0.05) is 7.05 Å². The molecule has 2 aromatic rings. The van der Waals surface area contributed by atoms with Crippen molar-refractivity contribution in [3.8, 4) is 5.69 Å². The fourth-order valence-electron chi connectivity index (χ4n) is 2.33. The highest BCUT2D eigenvalue weighted by Gasteiger charge is 2.75. The van der Waals surface area contributed by atoms with Crippen molar-refractivity contribution in [2.75, 3.05) is 5.32 Å². The van der Waals surface area contributed by atoms with E-state index < -0.39 is 34.4 Å². The van der Waals surface area contributed by atoms with Crippen molar-refractivity contribution in [1.82, 2.24) is 9.36 Å². The molecular weight excluding hydrogens is 404 g/mol. The molecule has 0 saturated heterocycles. The maximum absolute atomic E-state index is 12.9. The van der Waals surface area contributed by atoms with Gasteiger partial charge in [0.1, 0.15) is 5.69 Å². The summed E-state index contributed by atoms with van der Waals surface area (Å²) in [5, 5.41) is 1.40. The Bertz CT molecular complexity index is 901. The quantitative estimate of drug-likeness (QED) is 0.616. The van der Waals surface area contributed by atoms with Gasteiger partial charge in [0.05, 0.1) is 11.4 Å². The van der Waals surface area contributed by atoms with Crippen molar-refractivity contribution in [3.63, 3.8) is 0 Å². The van der Waals surface area contributed by atoms with Gasteiger partial charge in [-0.3, -0.25) is 14.3 Å². The first-order valence-electron chi connectivity index (χ1n) is 7.21. The van der Waals surface area contributed by atoms with Crippen LogP contribution in [0.1, 0.15) is 5.69 Å². The monoisotopic (exact) mass is 415 g/mol. The second-order valence-electron chi connectivity index (χ2n) is 5.54. The SMILES string of the molecule is Cc1c(NC(=O)C(Cl)(C(F)(F)F)C(F)(F)F)c(=O)n(-c2ccccc2)n1C. The molecule has 0 spiro atoms. The van der Waals surface area contributed by atoms with E-state index in [2.05, 4.69) is 11.6 Å². The number of amides is 1. The van der Waals surface area contributed by atoms with Crippen molar-refractivity contribution in [2.24, 2.45) is 7.05 Å². The van der Waals surface area contributed by atoms with Crippen molar-refractivity contribution in [3.05, 3.63) is 46.4 Å². The van der Waals surface area contributed by atoms with E-state index in [-0.39, 0.29) is 11.4 Å². The van der Waals surface area contributed by atoms with Crippen LogP contribution in [0.4, 0.5) is 32.0 Å². The lowest BCUT2D eigenvalue weighted by molar-refractivity contribution is -0.258. The number of carbonyl (C=O) groups excluding carboxylic acids is 1. The van der Waals surface area contributed by atoms with Gasteiger partial charge in [-0.1, -0.05) is 29.8 Å². The molecule has 1 heterocycles. The van der Waals surface area contributed by atoms with Crippen LogP contribution in [0.3, 0.4) is 0 Å². The maximum Gasteiger partial charge on any atom is 0.425 e. The molecule has 5 nitrogen and oxygen atoms in total. The first kappa shape index (κ1) is 20.9. The fourth-order valence-corrected chi connectivity index (χ4v) is 2.38. The molecular formula is C15H12ClF6N3O2. The molecule has 1 N–H and O–H groups in total. The minimum absolute atomic E-state index is 0.0689. The first-order chi connectivity index (χ1) is 12.2. The Balaban J connectivity index is 2.56. The molecule has 1 amide bonds. The highest BCUT2D eigenvalue weighted by Crippen LogP contribution is 2.48. The Morgan fingerprint density at radius 1 is 1.04 bits per heavy atom. The van der Waals surface area contributed by atoms with Crippen molar-refractivity contribution in [1.29, 1.82) is 0 Å². The van der Waals surface area contributed by atoms with Crippen LogP contribution in [-0.4, -0.2) is 32.5 Å². The molecule has 1 aromatic carbocycles. The zero-order chi connectivity index (χ0) is 20.8. The molecule has 27 heavy (non-hydrogen) atoms. The Morgan fingerprint density at radius 2 is 1.52 bits per heavy atom. The number of alkyl halides is 7. The molecule has 1 aromatic heterocycles. The minimum Gasteiger partial charge on any atom is -0.318 e. The first-order valence-corrected chi connectivity index (χ1v) is 7.59. The largest absolute Gasteiger partial charge is 0.425 e. The summed E-state index contributed by atoms with van der Waals surface area (Å²) in [6.45, 7) is 1.24. The molecule has 12 heteroatoms. The smallest absolute Gasteiger partial charge is 0.318 e. The number of para-hydroxylation sites is 1. The van der Waals surface area contributed by atoms with Crippen molar-refractivity contribution < 1.29 is 31.1 Å². The van der Waals surface area contributed by atoms with E-state index >= 15 is 0 Å². The summed E-state index contributed by atoms with van der Waals surface area (Å²) in [5.74, 6) is -2.62. The van der Waals surface area contributed by atoms with Crippen molar-refractivity contribution in [2.45, 2.75) is 24.2 Å². The Kier molecular flexibility index (Phi) is 5.12. The van der Waals surface area contributed by atoms with Gasteiger partial charge in [0.25, 0.3) is 11.5 Å². The Hall–Kier alpha value is -2.43. The number of nitrogens with one attached hydrogen (secondary N) is 1. The number of halogens is 7. The predicted molar refractivity (Wildman–Crippen MR) is 85.1 cm³/mol. The molecule has 0 unspecified atom stereocenters. The molecule has 0 bridgehead atoms.